The highest BCUT2D eigenvalue weighted by Gasteiger charge is 2.16. The van der Waals surface area contributed by atoms with E-state index < -0.39 is 21.8 Å². The molecule has 0 aliphatic heterocycles. The van der Waals surface area contributed by atoms with Gasteiger partial charge in [-0.25, -0.2) is 13.1 Å². The van der Waals surface area contributed by atoms with Gasteiger partial charge in [-0.15, -0.1) is 0 Å². The summed E-state index contributed by atoms with van der Waals surface area (Å²) < 4.78 is 31.8. The van der Waals surface area contributed by atoms with Crippen molar-refractivity contribution < 1.29 is 22.4 Å². The molecule has 1 aromatic heterocycles. The lowest BCUT2D eigenvalue weighted by atomic mass is 10.2. The van der Waals surface area contributed by atoms with E-state index in [4.69, 9.17) is 4.42 Å². The molecular formula is C17H21N3O5S. The minimum atomic E-state index is -3.65. The summed E-state index contributed by atoms with van der Waals surface area (Å²) in [5.41, 5.74) is 1.81. The summed E-state index contributed by atoms with van der Waals surface area (Å²) in [6, 6.07) is 6.66. The second-order valence-electron chi connectivity index (χ2n) is 5.71. The molecule has 1 heterocycles. The number of amides is 2. The van der Waals surface area contributed by atoms with Crippen LogP contribution in [0.25, 0.3) is 0 Å². The van der Waals surface area contributed by atoms with Gasteiger partial charge >= 0.3 is 0 Å². The fourth-order valence-electron chi connectivity index (χ4n) is 2.18. The number of nitrogens with one attached hydrogen (secondary N) is 3. The van der Waals surface area contributed by atoms with Crippen LogP contribution in [0.5, 0.6) is 0 Å². The zero-order chi connectivity index (χ0) is 19.2. The van der Waals surface area contributed by atoms with Gasteiger partial charge in [0.25, 0.3) is 5.91 Å². The standard InChI is InChI=1S/C17H21N3O5S/c1-12-3-4-13(2)15(9-12)26(23,24)20-7-6-18-16(21)10-19-17(22)14-5-8-25-11-14/h3-5,8-9,11,20H,6-7,10H2,1-2H3,(H,18,21)(H,19,22). The maximum Gasteiger partial charge on any atom is 0.254 e. The van der Waals surface area contributed by atoms with Gasteiger partial charge in [0.05, 0.1) is 23.3 Å². The molecular weight excluding hydrogens is 358 g/mol. The predicted octanol–water partition coefficient (Wildman–Crippen LogP) is 0.721. The first kappa shape index (κ1) is 19.7. The molecule has 0 fully saturated rings. The fourth-order valence-corrected chi connectivity index (χ4v) is 3.54. The number of sulfonamides is 1. The van der Waals surface area contributed by atoms with Crippen LogP contribution in [0.4, 0.5) is 0 Å². The maximum atomic E-state index is 12.3. The Bertz CT molecular complexity index is 876. The van der Waals surface area contributed by atoms with Crippen molar-refractivity contribution in [1.29, 1.82) is 0 Å². The first-order valence-corrected chi connectivity index (χ1v) is 9.42. The third kappa shape index (κ3) is 5.43. The molecule has 140 valence electrons. The molecule has 3 N–H and O–H groups in total. The van der Waals surface area contributed by atoms with Gasteiger partial charge < -0.3 is 15.1 Å². The van der Waals surface area contributed by atoms with Gasteiger partial charge in [0.15, 0.2) is 0 Å². The Labute approximate surface area is 152 Å². The molecule has 2 rings (SSSR count). The van der Waals surface area contributed by atoms with Gasteiger partial charge in [0.2, 0.25) is 15.9 Å². The van der Waals surface area contributed by atoms with Crippen molar-refractivity contribution in [2.24, 2.45) is 0 Å². The molecule has 2 amide bonds. The van der Waals surface area contributed by atoms with Crippen LogP contribution in [-0.4, -0.2) is 39.9 Å². The summed E-state index contributed by atoms with van der Waals surface area (Å²) in [6.07, 6.45) is 2.63. The van der Waals surface area contributed by atoms with Crippen LogP contribution in [0.2, 0.25) is 0 Å². The Hall–Kier alpha value is -2.65. The smallest absolute Gasteiger partial charge is 0.254 e. The molecule has 0 unspecified atom stereocenters. The first-order valence-electron chi connectivity index (χ1n) is 7.93. The number of furan rings is 1. The monoisotopic (exact) mass is 379 g/mol. The lowest BCUT2D eigenvalue weighted by Gasteiger charge is -2.11. The minimum Gasteiger partial charge on any atom is -0.472 e. The molecule has 0 aliphatic carbocycles. The number of carbonyl (C=O) groups excluding carboxylic acids is 2. The molecule has 2 aromatic rings. The van der Waals surface area contributed by atoms with Gasteiger partial charge in [-0.2, -0.15) is 0 Å². The van der Waals surface area contributed by atoms with Crippen LogP contribution < -0.4 is 15.4 Å². The molecule has 0 bridgehead atoms. The lowest BCUT2D eigenvalue weighted by molar-refractivity contribution is -0.120. The van der Waals surface area contributed by atoms with Crippen LogP contribution in [0.3, 0.4) is 0 Å². The van der Waals surface area contributed by atoms with Crippen LogP contribution in [0, 0.1) is 13.8 Å². The van der Waals surface area contributed by atoms with Gasteiger partial charge in [-0.1, -0.05) is 12.1 Å². The second-order valence-corrected chi connectivity index (χ2v) is 7.45. The Kier molecular flexibility index (Phi) is 6.53. The van der Waals surface area contributed by atoms with Crippen LogP contribution in [0.1, 0.15) is 21.5 Å². The largest absolute Gasteiger partial charge is 0.472 e. The quantitative estimate of drug-likeness (QED) is 0.584. The zero-order valence-corrected chi connectivity index (χ0v) is 15.4. The van der Waals surface area contributed by atoms with Crippen molar-refractivity contribution in [1.82, 2.24) is 15.4 Å². The first-order chi connectivity index (χ1) is 12.3. The fraction of sp³-hybridized carbons (Fsp3) is 0.294. The van der Waals surface area contributed by atoms with Crippen molar-refractivity contribution >= 4 is 21.8 Å². The van der Waals surface area contributed by atoms with Crippen LogP contribution in [-0.2, 0) is 14.8 Å². The topological polar surface area (TPSA) is 118 Å². The lowest BCUT2D eigenvalue weighted by Crippen LogP contribution is -2.40. The van der Waals surface area contributed by atoms with E-state index in [-0.39, 0.29) is 24.5 Å². The van der Waals surface area contributed by atoms with E-state index in [9.17, 15) is 18.0 Å². The molecule has 0 saturated heterocycles. The van der Waals surface area contributed by atoms with Crippen molar-refractivity contribution in [3.8, 4) is 0 Å². The van der Waals surface area contributed by atoms with Crippen molar-refractivity contribution in [3.63, 3.8) is 0 Å². The maximum absolute atomic E-state index is 12.3. The number of carbonyl (C=O) groups is 2. The van der Waals surface area contributed by atoms with E-state index in [1.807, 2.05) is 13.0 Å². The molecule has 0 atom stereocenters. The van der Waals surface area contributed by atoms with E-state index in [0.717, 1.165) is 5.56 Å². The highest BCUT2D eigenvalue weighted by atomic mass is 32.2. The molecule has 0 aliphatic rings. The molecule has 8 nitrogen and oxygen atoms in total. The third-order valence-electron chi connectivity index (χ3n) is 3.57. The van der Waals surface area contributed by atoms with Crippen molar-refractivity contribution in [3.05, 3.63) is 53.5 Å². The summed E-state index contributed by atoms with van der Waals surface area (Å²) in [5.74, 6) is -0.850. The molecule has 9 heteroatoms. The molecule has 0 radical (unpaired) electrons. The third-order valence-corrected chi connectivity index (χ3v) is 5.17. The summed E-state index contributed by atoms with van der Waals surface area (Å²) in [7, 11) is -3.65. The zero-order valence-electron chi connectivity index (χ0n) is 14.5. The number of benzene rings is 1. The van der Waals surface area contributed by atoms with E-state index in [1.54, 1.807) is 19.1 Å². The van der Waals surface area contributed by atoms with Gasteiger partial charge in [0, 0.05) is 13.1 Å². The second kappa shape index (κ2) is 8.63. The number of rotatable bonds is 8. The molecule has 26 heavy (non-hydrogen) atoms. The normalized spacial score (nSPS) is 11.2. The minimum absolute atomic E-state index is 0.0388. The van der Waals surface area contributed by atoms with Crippen LogP contribution >= 0.6 is 0 Å². The Morgan fingerprint density at radius 1 is 1.08 bits per heavy atom. The van der Waals surface area contributed by atoms with Gasteiger partial charge in [-0.05, 0) is 37.1 Å². The highest BCUT2D eigenvalue weighted by molar-refractivity contribution is 7.89. The summed E-state index contributed by atoms with van der Waals surface area (Å²) in [5, 5.41) is 4.96. The number of hydrogen-bond acceptors (Lipinski definition) is 5. The molecule has 0 spiro atoms. The summed E-state index contributed by atoms with van der Waals surface area (Å²) in [4.78, 5) is 23.5. The SMILES string of the molecule is Cc1ccc(C)c(S(=O)(=O)NCCNC(=O)CNC(=O)c2ccoc2)c1. The average Bonchev–Trinajstić information content (AvgIpc) is 3.13. The van der Waals surface area contributed by atoms with Crippen molar-refractivity contribution in [2.75, 3.05) is 19.6 Å². The molecule has 0 saturated carbocycles. The van der Waals surface area contributed by atoms with Gasteiger partial charge in [-0.3, -0.25) is 9.59 Å². The Morgan fingerprint density at radius 2 is 1.85 bits per heavy atom. The van der Waals surface area contributed by atoms with Crippen molar-refractivity contribution in [2.45, 2.75) is 18.7 Å². The summed E-state index contributed by atoms with van der Waals surface area (Å²) in [6.45, 7) is 3.46. The van der Waals surface area contributed by atoms with E-state index >= 15 is 0 Å². The van der Waals surface area contributed by atoms with E-state index in [1.165, 1.54) is 18.6 Å². The Balaban J connectivity index is 1.74. The number of aryl methyl sites for hydroxylation is 2. The highest BCUT2D eigenvalue weighted by Crippen LogP contribution is 2.16. The van der Waals surface area contributed by atoms with E-state index in [0.29, 0.717) is 11.1 Å². The summed E-state index contributed by atoms with van der Waals surface area (Å²) >= 11 is 0. The van der Waals surface area contributed by atoms with Crippen LogP contribution in [0.15, 0.2) is 46.1 Å². The predicted molar refractivity (Wildman–Crippen MR) is 95.2 cm³/mol. The Morgan fingerprint density at radius 3 is 2.54 bits per heavy atom. The molecule has 1 aromatic carbocycles. The average molecular weight is 379 g/mol. The van der Waals surface area contributed by atoms with Gasteiger partial charge in [0.1, 0.15) is 6.26 Å². The number of hydrogen-bond donors (Lipinski definition) is 3. The van der Waals surface area contributed by atoms with E-state index in [2.05, 4.69) is 15.4 Å².